The Morgan fingerprint density at radius 1 is 1.53 bits per heavy atom. The van der Waals surface area contributed by atoms with Gasteiger partial charge in [0, 0.05) is 11.3 Å². The van der Waals surface area contributed by atoms with Gasteiger partial charge in [0.25, 0.3) is 0 Å². The molecule has 0 fully saturated rings. The van der Waals surface area contributed by atoms with Crippen LogP contribution >= 0.6 is 0 Å². The fraction of sp³-hybridized carbons (Fsp3) is 0.429. The van der Waals surface area contributed by atoms with Gasteiger partial charge in [-0.3, -0.25) is 14.6 Å². The van der Waals surface area contributed by atoms with Crippen LogP contribution in [0.4, 0.5) is 5.82 Å². The Hall–Kier alpha value is -1.57. The van der Waals surface area contributed by atoms with Crippen molar-refractivity contribution in [3.05, 3.63) is 11.3 Å². The lowest BCUT2D eigenvalue weighted by Gasteiger charge is -2.03. The molecule has 15 heavy (non-hydrogen) atoms. The fourth-order valence-corrected chi connectivity index (χ4v) is 1.82. The third-order valence-electron chi connectivity index (χ3n) is 1.82. The van der Waals surface area contributed by atoms with E-state index in [0.717, 1.165) is 5.69 Å². The summed E-state index contributed by atoms with van der Waals surface area (Å²) in [5, 5.41) is 14.6. The van der Waals surface area contributed by atoms with Crippen LogP contribution in [0.2, 0.25) is 0 Å². The maximum absolute atomic E-state index is 11.2. The maximum Gasteiger partial charge on any atom is 0.320 e. The third-order valence-corrected chi connectivity index (χ3v) is 2.95. The zero-order valence-electron chi connectivity index (χ0n) is 8.23. The van der Waals surface area contributed by atoms with Gasteiger partial charge in [0.2, 0.25) is 10.0 Å². The summed E-state index contributed by atoms with van der Waals surface area (Å²) in [7, 11) is -3.88. The smallest absolute Gasteiger partial charge is 0.320 e. The second kappa shape index (κ2) is 3.89. The molecule has 7 nitrogen and oxygen atoms in total. The molecule has 0 radical (unpaired) electrons. The van der Waals surface area contributed by atoms with E-state index in [0.29, 0.717) is 5.56 Å². The normalized spacial score (nSPS) is 11.3. The van der Waals surface area contributed by atoms with Crippen molar-refractivity contribution in [1.29, 1.82) is 0 Å². The largest absolute Gasteiger partial charge is 0.480 e. The number of carboxylic acid groups (broad SMARTS) is 1. The van der Waals surface area contributed by atoms with Gasteiger partial charge in [-0.05, 0) is 13.8 Å². The average Bonchev–Trinajstić information content (AvgIpc) is 2.33. The van der Waals surface area contributed by atoms with Crippen molar-refractivity contribution < 1.29 is 18.3 Å². The molecule has 0 unspecified atom stereocenters. The number of nitrogens with one attached hydrogen (secondary N) is 2. The molecular weight excluding hydrogens is 222 g/mol. The Bertz CT molecular complexity index is 476. The summed E-state index contributed by atoms with van der Waals surface area (Å²) >= 11 is 0. The standard InChI is InChI=1S/C7H11N3O4S/c1-4-5(2)8-9-7(4)10-15(13,14)3-6(11)12/h3H2,1-2H3,(H,11,12)(H2,8,9,10). The molecule has 8 heteroatoms. The first-order valence-electron chi connectivity index (χ1n) is 4.05. The highest BCUT2D eigenvalue weighted by Gasteiger charge is 2.18. The van der Waals surface area contributed by atoms with Crippen LogP contribution in [0, 0.1) is 13.8 Å². The Labute approximate surface area is 86.6 Å². The number of nitrogens with zero attached hydrogens (tertiary/aromatic N) is 1. The number of anilines is 1. The Kier molecular flexibility index (Phi) is 2.98. The molecule has 0 bridgehead atoms. The van der Waals surface area contributed by atoms with Crippen molar-refractivity contribution >= 4 is 21.8 Å². The van der Waals surface area contributed by atoms with E-state index >= 15 is 0 Å². The van der Waals surface area contributed by atoms with Gasteiger partial charge >= 0.3 is 5.97 Å². The van der Waals surface area contributed by atoms with Gasteiger partial charge in [-0.25, -0.2) is 8.42 Å². The van der Waals surface area contributed by atoms with Crippen LogP contribution in [0.5, 0.6) is 0 Å². The Balaban J connectivity index is 2.87. The van der Waals surface area contributed by atoms with Crippen molar-refractivity contribution in [2.75, 3.05) is 10.5 Å². The Morgan fingerprint density at radius 3 is 2.53 bits per heavy atom. The highest BCUT2D eigenvalue weighted by atomic mass is 32.2. The van der Waals surface area contributed by atoms with Crippen LogP contribution in [0.15, 0.2) is 0 Å². The predicted octanol–water partition coefficient (Wildman–Crippen LogP) is -0.147. The molecule has 1 rings (SSSR count). The van der Waals surface area contributed by atoms with Crippen molar-refractivity contribution in [3.63, 3.8) is 0 Å². The Morgan fingerprint density at radius 2 is 2.13 bits per heavy atom. The highest BCUT2D eigenvalue weighted by Crippen LogP contribution is 2.15. The number of hydrogen-bond acceptors (Lipinski definition) is 4. The number of rotatable bonds is 4. The third kappa shape index (κ3) is 2.94. The number of aliphatic carboxylic acids is 1. The topological polar surface area (TPSA) is 112 Å². The minimum atomic E-state index is -3.88. The number of H-pyrrole nitrogens is 1. The van der Waals surface area contributed by atoms with E-state index in [1.165, 1.54) is 0 Å². The zero-order valence-corrected chi connectivity index (χ0v) is 9.05. The molecule has 1 aromatic rings. The first-order valence-corrected chi connectivity index (χ1v) is 5.71. The fourth-order valence-electron chi connectivity index (χ4n) is 0.930. The molecule has 0 saturated carbocycles. The van der Waals surface area contributed by atoms with E-state index in [-0.39, 0.29) is 5.82 Å². The molecule has 1 aromatic heterocycles. The van der Waals surface area contributed by atoms with E-state index < -0.39 is 21.7 Å². The lowest BCUT2D eigenvalue weighted by molar-refractivity contribution is -0.134. The van der Waals surface area contributed by atoms with Gasteiger partial charge in [-0.2, -0.15) is 5.10 Å². The molecule has 0 saturated heterocycles. The lowest BCUT2D eigenvalue weighted by atomic mass is 10.3. The SMILES string of the molecule is Cc1[nH]nc(NS(=O)(=O)CC(=O)O)c1C. The number of sulfonamides is 1. The monoisotopic (exact) mass is 233 g/mol. The molecule has 0 aliphatic rings. The molecule has 3 N–H and O–H groups in total. The summed E-state index contributed by atoms with van der Waals surface area (Å²) in [5.74, 6) is -2.25. The number of hydrogen-bond donors (Lipinski definition) is 3. The zero-order chi connectivity index (χ0) is 11.6. The molecule has 84 valence electrons. The van der Waals surface area contributed by atoms with E-state index in [4.69, 9.17) is 5.11 Å². The number of aromatic amines is 1. The first kappa shape index (κ1) is 11.5. The van der Waals surface area contributed by atoms with Crippen LogP contribution in [-0.2, 0) is 14.8 Å². The number of aryl methyl sites for hydroxylation is 1. The minimum absolute atomic E-state index is 0.133. The van der Waals surface area contributed by atoms with Crippen molar-refractivity contribution in [2.45, 2.75) is 13.8 Å². The molecule has 0 atom stereocenters. The molecule has 0 aliphatic carbocycles. The molecule has 1 heterocycles. The lowest BCUT2D eigenvalue weighted by Crippen LogP contribution is -2.22. The van der Waals surface area contributed by atoms with Crippen LogP contribution in [0.3, 0.4) is 0 Å². The second-order valence-electron chi connectivity index (χ2n) is 3.08. The average molecular weight is 233 g/mol. The van der Waals surface area contributed by atoms with Gasteiger partial charge in [0.05, 0.1) is 0 Å². The number of carbonyl (C=O) groups is 1. The van der Waals surface area contributed by atoms with E-state index in [9.17, 15) is 13.2 Å². The quantitative estimate of drug-likeness (QED) is 0.669. The van der Waals surface area contributed by atoms with E-state index in [2.05, 4.69) is 14.9 Å². The predicted molar refractivity (Wildman–Crippen MR) is 53.1 cm³/mol. The van der Waals surface area contributed by atoms with Gasteiger partial charge in [0.1, 0.15) is 0 Å². The van der Waals surface area contributed by atoms with Crippen LogP contribution in [0.1, 0.15) is 11.3 Å². The summed E-state index contributed by atoms with van der Waals surface area (Å²) in [6.45, 7) is 3.41. The summed E-state index contributed by atoms with van der Waals surface area (Å²) < 4.78 is 24.5. The minimum Gasteiger partial charge on any atom is -0.480 e. The van der Waals surface area contributed by atoms with E-state index in [1.807, 2.05) is 0 Å². The van der Waals surface area contributed by atoms with Crippen molar-refractivity contribution in [2.24, 2.45) is 0 Å². The molecule has 0 spiro atoms. The van der Waals surface area contributed by atoms with Crippen LogP contribution in [0.25, 0.3) is 0 Å². The van der Waals surface area contributed by atoms with Gasteiger partial charge in [-0.15, -0.1) is 0 Å². The maximum atomic E-state index is 11.2. The van der Waals surface area contributed by atoms with Crippen LogP contribution in [-0.4, -0.2) is 35.4 Å². The number of aromatic nitrogens is 2. The van der Waals surface area contributed by atoms with Gasteiger partial charge in [-0.1, -0.05) is 0 Å². The number of carboxylic acids is 1. The highest BCUT2D eigenvalue weighted by molar-refractivity contribution is 7.93. The molecule has 0 aliphatic heterocycles. The molecule has 0 aromatic carbocycles. The summed E-state index contributed by atoms with van der Waals surface area (Å²) in [6, 6.07) is 0. The second-order valence-corrected chi connectivity index (χ2v) is 4.80. The van der Waals surface area contributed by atoms with Gasteiger partial charge < -0.3 is 5.11 Å². The van der Waals surface area contributed by atoms with Crippen molar-refractivity contribution in [3.8, 4) is 0 Å². The first-order chi connectivity index (χ1) is 6.82. The van der Waals surface area contributed by atoms with Crippen LogP contribution < -0.4 is 4.72 Å². The molecular formula is C7H11N3O4S. The van der Waals surface area contributed by atoms with Crippen molar-refractivity contribution in [1.82, 2.24) is 10.2 Å². The molecule has 0 amide bonds. The summed E-state index contributed by atoms with van der Waals surface area (Å²) in [5.41, 5.74) is 1.37. The van der Waals surface area contributed by atoms with E-state index in [1.54, 1.807) is 13.8 Å². The summed E-state index contributed by atoms with van der Waals surface area (Å²) in [4.78, 5) is 10.2. The van der Waals surface area contributed by atoms with Gasteiger partial charge in [0.15, 0.2) is 11.6 Å². The summed E-state index contributed by atoms with van der Waals surface area (Å²) in [6.07, 6.45) is 0.